The summed E-state index contributed by atoms with van der Waals surface area (Å²) in [6.45, 7) is 1.62. The lowest BCUT2D eigenvalue weighted by Crippen LogP contribution is -2.30. The van der Waals surface area contributed by atoms with Gasteiger partial charge in [-0.2, -0.15) is 8.78 Å². The highest BCUT2D eigenvalue weighted by Crippen LogP contribution is 2.29. The maximum Gasteiger partial charge on any atom is 0.313 e. The number of aliphatic hydroxyl groups is 1. The van der Waals surface area contributed by atoms with E-state index in [1.54, 1.807) is 0 Å². The first-order valence-corrected chi connectivity index (χ1v) is 10.3. The van der Waals surface area contributed by atoms with Crippen molar-refractivity contribution in [2.24, 2.45) is 11.6 Å². The van der Waals surface area contributed by atoms with E-state index in [9.17, 15) is 26.7 Å². The largest absolute Gasteiger partial charge is 0.420 e. The van der Waals surface area contributed by atoms with Crippen LogP contribution in [0.25, 0.3) is 0 Å². The first-order valence-electron chi connectivity index (χ1n) is 10.3. The number of hydrogen-bond acceptors (Lipinski definition) is 10. The van der Waals surface area contributed by atoms with Crippen molar-refractivity contribution in [2.45, 2.75) is 6.42 Å². The van der Waals surface area contributed by atoms with E-state index in [0.717, 1.165) is 0 Å². The standard InChI is InChI=1S/C20H28F5N3O7/c21-15-16(22)18(24)20(19(25)17(15)23)35-14(30)1-3-31-5-7-33-9-10-34-8-6-32-4-2-28(27)11-13(26)12-29/h11,29H,1-10,12,26-27H2/b13-11-. The highest BCUT2D eigenvalue weighted by Gasteiger charge is 2.28. The van der Waals surface area contributed by atoms with E-state index < -0.39 is 47.2 Å². The van der Waals surface area contributed by atoms with E-state index in [4.69, 9.17) is 35.6 Å². The molecule has 1 aromatic carbocycles. The van der Waals surface area contributed by atoms with Gasteiger partial charge in [-0.1, -0.05) is 0 Å². The highest BCUT2D eigenvalue weighted by molar-refractivity contribution is 5.72. The van der Waals surface area contributed by atoms with Gasteiger partial charge in [0.2, 0.25) is 34.8 Å². The van der Waals surface area contributed by atoms with Gasteiger partial charge >= 0.3 is 5.97 Å². The van der Waals surface area contributed by atoms with Crippen LogP contribution in [0.3, 0.4) is 0 Å². The second-order valence-electron chi connectivity index (χ2n) is 6.67. The van der Waals surface area contributed by atoms with E-state index in [-0.39, 0.29) is 45.3 Å². The number of hydrazine groups is 1. The molecule has 0 fully saturated rings. The van der Waals surface area contributed by atoms with Gasteiger partial charge in [-0.25, -0.2) is 19.0 Å². The van der Waals surface area contributed by atoms with Crippen molar-refractivity contribution in [3.05, 3.63) is 41.0 Å². The minimum Gasteiger partial charge on any atom is -0.420 e. The third-order valence-corrected chi connectivity index (χ3v) is 3.96. The predicted molar refractivity (Wildman–Crippen MR) is 110 cm³/mol. The highest BCUT2D eigenvalue weighted by atomic mass is 19.2. The van der Waals surface area contributed by atoms with Crippen LogP contribution in [0.4, 0.5) is 22.0 Å². The maximum absolute atomic E-state index is 13.5. The number of nitrogens with two attached hydrogens (primary N) is 2. The number of hydrogen-bond donors (Lipinski definition) is 3. The summed E-state index contributed by atoms with van der Waals surface area (Å²) in [7, 11) is 0. The molecule has 0 aliphatic carbocycles. The van der Waals surface area contributed by atoms with Gasteiger partial charge in [0.05, 0.1) is 78.1 Å². The molecule has 0 atom stereocenters. The van der Waals surface area contributed by atoms with Crippen LogP contribution in [0.2, 0.25) is 0 Å². The molecule has 1 aromatic rings. The van der Waals surface area contributed by atoms with Crippen LogP contribution >= 0.6 is 0 Å². The molecule has 5 N–H and O–H groups in total. The second kappa shape index (κ2) is 17.0. The van der Waals surface area contributed by atoms with Crippen molar-refractivity contribution in [3.63, 3.8) is 0 Å². The van der Waals surface area contributed by atoms with Gasteiger partial charge < -0.3 is 39.5 Å². The Bertz CT molecular complexity index is 804. The zero-order valence-electron chi connectivity index (χ0n) is 18.7. The molecule has 1 rings (SSSR count). The Morgan fingerprint density at radius 3 is 1.69 bits per heavy atom. The maximum atomic E-state index is 13.5. The molecule has 0 spiro atoms. The van der Waals surface area contributed by atoms with E-state index in [1.807, 2.05) is 0 Å². The monoisotopic (exact) mass is 517 g/mol. The Morgan fingerprint density at radius 1 is 0.771 bits per heavy atom. The summed E-state index contributed by atoms with van der Waals surface area (Å²) < 4.78 is 91.1. The topological polar surface area (TPSA) is 139 Å². The average molecular weight is 517 g/mol. The second-order valence-corrected chi connectivity index (χ2v) is 6.67. The summed E-state index contributed by atoms with van der Waals surface area (Å²) in [4.78, 5) is 11.6. The molecule has 0 saturated heterocycles. The number of esters is 1. The molecule has 0 radical (unpaired) electrons. The van der Waals surface area contributed by atoms with E-state index in [0.29, 0.717) is 26.4 Å². The van der Waals surface area contributed by atoms with Crippen LogP contribution in [0.15, 0.2) is 11.9 Å². The minimum atomic E-state index is -2.35. The van der Waals surface area contributed by atoms with Gasteiger partial charge in [0.25, 0.3) is 0 Å². The third kappa shape index (κ3) is 11.6. The van der Waals surface area contributed by atoms with Crippen LogP contribution in [0.1, 0.15) is 6.42 Å². The number of carbonyl (C=O) groups excluding carboxylic acids is 1. The zero-order valence-corrected chi connectivity index (χ0v) is 18.7. The number of carbonyl (C=O) groups is 1. The molecule has 200 valence electrons. The number of ether oxygens (including phenoxy) is 5. The first kappa shape index (κ1) is 30.5. The summed E-state index contributed by atoms with van der Waals surface area (Å²) in [6.07, 6.45) is 0.906. The first-order chi connectivity index (χ1) is 16.7. The molecule has 35 heavy (non-hydrogen) atoms. The minimum absolute atomic E-state index is 0.0732. The molecular formula is C20H28F5N3O7. The van der Waals surface area contributed by atoms with E-state index >= 15 is 0 Å². The van der Waals surface area contributed by atoms with Gasteiger partial charge in [-0.05, 0) is 0 Å². The van der Waals surface area contributed by atoms with Gasteiger partial charge in [0.1, 0.15) is 0 Å². The Balaban J connectivity index is 2.01. The van der Waals surface area contributed by atoms with E-state index in [2.05, 4.69) is 4.74 Å². The SMILES string of the molecule is N/C(=C\N(N)CCOCCOCCOCCOCCC(=O)Oc1c(F)c(F)c(F)c(F)c1F)CO. The zero-order chi connectivity index (χ0) is 26.2. The molecule has 10 nitrogen and oxygen atoms in total. The van der Waals surface area contributed by atoms with Crippen LogP contribution in [0.5, 0.6) is 5.75 Å². The normalized spacial score (nSPS) is 11.7. The third-order valence-electron chi connectivity index (χ3n) is 3.96. The fourth-order valence-corrected chi connectivity index (χ4v) is 2.24. The van der Waals surface area contributed by atoms with Gasteiger partial charge in [0, 0.05) is 6.20 Å². The molecule has 15 heteroatoms. The number of benzene rings is 1. The number of halogens is 5. The fraction of sp³-hybridized carbons (Fsp3) is 0.550. The van der Waals surface area contributed by atoms with Gasteiger partial charge in [-0.3, -0.25) is 4.79 Å². The van der Waals surface area contributed by atoms with Crippen LogP contribution in [-0.2, 0) is 23.7 Å². The predicted octanol–water partition coefficient (Wildman–Crippen LogP) is 0.712. The summed E-state index contributed by atoms with van der Waals surface area (Å²) in [5.41, 5.74) is 5.64. The quantitative estimate of drug-likeness (QED) is 0.0373. The Kier molecular flexibility index (Phi) is 14.8. The summed E-state index contributed by atoms with van der Waals surface area (Å²) >= 11 is 0. The number of aliphatic hydroxyl groups excluding tert-OH is 1. The summed E-state index contributed by atoms with van der Waals surface area (Å²) in [5.74, 6) is -8.56. The number of nitrogens with zero attached hydrogens (tertiary/aromatic N) is 1. The molecule has 0 saturated carbocycles. The van der Waals surface area contributed by atoms with Crippen LogP contribution < -0.4 is 16.3 Å². The fourth-order valence-electron chi connectivity index (χ4n) is 2.24. The lowest BCUT2D eigenvalue weighted by Gasteiger charge is -2.14. The van der Waals surface area contributed by atoms with Crippen molar-refractivity contribution < 1.29 is 55.5 Å². The van der Waals surface area contributed by atoms with Crippen LogP contribution in [-0.4, -0.2) is 82.1 Å². The molecular weight excluding hydrogens is 489 g/mol. The molecule has 0 aromatic heterocycles. The van der Waals surface area contributed by atoms with E-state index in [1.165, 1.54) is 11.2 Å². The van der Waals surface area contributed by atoms with Gasteiger partial charge in [0.15, 0.2) is 0 Å². The lowest BCUT2D eigenvalue weighted by atomic mass is 10.2. The molecule has 0 aliphatic rings. The average Bonchev–Trinajstić information content (AvgIpc) is 2.84. The Labute approximate surface area is 198 Å². The number of rotatable bonds is 18. The molecule has 0 heterocycles. The lowest BCUT2D eigenvalue weighted by molar-refractivity contribution is -0.136. The Hall–Kier alpha value is -2.56. The van der Waals surface area contributed by atoms with Crippen molar-refractivity contribution in [1.82, 2.24) is 5.01 Å². The Morgan fingerprint density at radius 2 is 1.20 bits per heavy atom. The smallest absolute Gasteiger partial charge is 0.313 e. The van der Waals surface area contributed by atoms with Crippen molar-refractivity contribution >= 4 is 5.97 Å². The van der Waals surface area contributed by atoms with Crippen molar-refractivity contribution in [3.8, 4) is 5.75 Å². The summed E-state index contributed by atoms with van der Waals surface area (Å²) in [5, 5.41) is 10.1. The van der Waals surface area contributed by atoms with Crippen molar-refractivity contribution in [1.29, 1.82) is 0 Å². The van der Waals surface area contributed by atoms with Crippen LogP contribution in [0, 0.1) is 29.1 Å². The molecule has 0 bridgehead atoms. The van der Waals surface area contributed by atoms with Gasteiger partial charge in [-0.15, -0.1) is 0 Å². The molecule has 0 unspecified atom stereocenters. The molecule has 0 aliphatic heterocycles. The summed E-state index contributed by atoms with van der Waals surface area (Å²) in [6, 6.07) is 0. The molecule has 0 amide bonds. The van der Waals surface area contributed by atoms with Crippen molar-refractivity contribution in [2.75, 3.05) is 66.0 Å².